The van der Waals surface area contributed by atoms with Crippen LogP contribution in [0.5, 0.6) is 0 Å². The van der Waals surface area contributed by atoms with E-state index in [9.17, 15) is 14.7 Å². The molecule has 8 heteroatoms. The summed E-state index contributed by atoms with van der Waals surface area (Å²) in [6.07, 6.45) is 4.58. The van der Waals surface area contributed by atoms with Crippen molar-refractivity contribution in [3.05, 3.63) is 40.9 Å². The van der Waals surface area contributed by atoms with Gasteiger partial charge in [-0.05, 0) is 13.0 Å². The van der Waals surface area contributed by atoms with Crippen molar-refractivity contribution in [3.8, 4) is 0 Å². The van der Waals surface area contributed by atoms with Crippen LogP contribution in [0, 0.1) is 0 Å². The van der Waals surface area contributed by atoms with Crippen molar-refractivity contribution in [2.24, 2.45) is 7.05 Å². The number of nitrogens with one attached hydrogen (secondary N) is 1. The third-order valence-electron chi connectivity index (χ3n) is 3.02. The number of amides is 1. The molecule has 2 aromatic heterocycles. The minimum absolute atomic E-state index is 0.317. The summed E-state index contributed by atoms with van der Waals surface area (Å²) < 4.78 is 3.13. The molecule has 0 saturated carbocycles. The monoisotopic (exact) mass is 310 g/mol. The van der Waals surface area contributed by atoms with Crippen molar-refractivity contribution in [1.82, 2.24) is 19.7 Å². The molecule has 1 atom stereocenters. The molecule has 0 aromatic carbocycles. The van der Waals surface area contributed by atoms with Crippen LogP contribution in [0.2, 0.25) is 5.02 Å². The molecule has 0 saturated heterocycles. The Hall–Kier alpha value is -2.28. The molecule has 0 radical (unpaired) electrons. The van der Waals surface area contributed by atoms with Crippen LogP contribution in [-0.4, -0.2) is 31.3 Å². The van der Waals surface area contributed by atoms with Gasteiger partial charge in [-0.3, -0.25) is 9.48 Å². The minimum atomic E-state index is -1.16. The summed E-state index contributed by atoms with van der Waals surface area (Å²) in [5, 5.41) is 16.1. The molecule has 0 aliphatic heterocycles. The maximum absolute atomic E-state index is 12.3. The van der Waals surface area contributed by atoms with Gasteiger partial charge in [-0.2, -0.15) is 5.10 Å². The van der Waals surface area contributed by atoms with Crippen molar-refractivity contribution in [2.45, 2.75) is 19.5 Å². The Morgan fingerprint density at radius 1 is 1.48 bits per heavy atom. The van der Waals surface area contributed by atoms with E-state index in [2.05, 4.69) is 10.4 Å². The Morgan fingerprint density at radius 2 is 2.19 bits per heavy atom. The van der Waals surface area contributed by atoms with Crippen molar-refractivity contribution >= 4 is 23.5 Å². The van der Waals surface area contributed by atoms with Gasteiger partial charge in [-0.1, -0.05) is 11.6 Å². The van der Waals surface area contributed by atoms with E-state index in [1.807, 2.05) is 6.92 Å². The maximum atomic E-state index is 12.3. The van der Waals surface area contributed by atoms with Gasteiger partial charge >= 0.3 is 5.97 Å². The van der Waals surface area contributed by atoms with Crippen LogP contribution in [-0.2, 0) is 18.4 Å². The largest absolute Gasteiger partial charge is 0.479 e. The molecule has 1 unspecified atom stereocenters. The second-order valence-corrected chi connectivity index (χ2v) is 4.96. The highest BCUT2D eigenvalue weighted by Gasteiger charge is 2.25. The quantitative estimate of drug-likeness (QED) is 0.874. The van der Waals surface area contributed by atoms with E-state index in [1.165, 1.54) is 16.9 Å². The molecule has 2 N–H and O–H groups in total. The number of carbonyl (C=O) groups is 2. The zero-order valence-corrected chi connectivity index (χ0v) is 12.3. The van der Waals surface area contributed by atoms with Crippen LogP contribution in [0.4, 0.5) is 0 Å². The molecule has 0 aliphatic rings. The number of carbonyl (C=O) groups excluding carboxylic acids is 1. The maximum Gasteiger partial charge on any atom is 0.331 e. The zero-order valence-electron chi connectivity index (χ0n) is 11.6. The molecule has 1 amide bonds. The van der Waals surface area contributed by atoms with Crippen molar-refractivity contribution in [3.63, 3.8) is 0 Å². The van der Waals surface area contributed by atoms with Crippen LogP contribution in [0.3, 0.4) is 0 Å². The molecular formula is C13H15ClN4O3. The molecule has 21 heavy (non-hydrogen) atoms. The summed E-state index contributed by atoms with van der Waals surface area (Å²) in [7, 11) is 1.67. The molecular weight excluding hydrogens is 296 g/mol. The fourth-order valence-corrected chi connectivity index (χ4v) is 2.23. The van der Waals surface area contributed by atoms with Crippen LogP contribution in [0.1, 0.15) is 29.0 Å². The van der Waals surface area contributed by atoms with Crippen LogP contribution >= 0.6 is 11.6 Å². The number of halogens is 1. The van der Waals surface area contributed by atoms with Crippen molar-refractivity contribution in [1.29, 1.82) is 0 Å². The van der Waals surface area contributed by atoms with Gasteiger partial charge in [0.15, 0.2) is 6.04 Å². The molecule has 0 fully saturated rings. The van der Waals surface area contributed by atoms with E-state index in [0.717, 1.165) is 0 Å². The number of rotatable bonds is 5. The second-order valence-electron chi connectivity index (χ2n) is 4.52. The molecule has 2 rings (SSSR count). The van der Waals surface area contributed by atoms with Gasteiger partial charge in [-0.15, -0.1) is 0 Å². The first-order chi connectivity index (χ1) is 9.92. The van der Waals surface area contributed by atoms with Crippen molar-refractivity contribution in [2.75, 3.05) is 0 Å². The number of aromatic nitrogens is 3. The van der Waals surface area contributed by atoms with Gasteiger partial charge in [0.25, 0.3) is 5.91 Å². The third-order valence-corrected chi connectivity index (χ3v) is 3.22. The molecule has 112 valence electrons. The van der Waals surface area contributed by atoms with E-state index in [-0.39, 0.29) is 0 Å². The van der Waals surface area contributed by atoms with Gasteiger partial charge in [-0.25, -0.2) is 4.79 Å². The highest BCUT2D eigenvalue weighted by Crippen LogP contribution is 2.17. The standard InChI is InChI=1S/C13H15ClN4O3/c1-3-18-7-9(14)4-10(18)12(19)16-11(13(20)21)8-5-15-17(2)6-8/h4-7,11H,3H2,1-2H3,(H,16,19)(H,20,21). The Morgan fingerprint density at radius 3 is 2.71 bits per heavy atom. The van der Waals surface area contributed by atoms with Gasteiger partial charge in [0.2, 0.25) is 0 Å². The SMILES string of the molecule is CCn1cc(Cl)cc1C(=O)NC(C(=O)O)c1cnn(C)c1. The van der Waals surface area contributed by atoms with Crippen LogP contribution in [0.15, 0.2) is 24.7 Å². The summed E-state index contributed by atoms with van der Waals surface area (Å²) >= 11 is 5.88. The number of carboxylic acid groups (broad SMARTS) is 1. The topological polar surface area (TPSA) is 89.2 Å². The number of hydrogen-bond acceptors (Lipinski definition) is 3. The van der Waals surface area contributed by atoms with Gasteiger partial charge < -0.3 is 15.0 Å². The first kappa shape index (κ1) is 15.1. The first-order valence-corrected chi connectivity index (χ1v) is 6.68. The molecule has 0 bridgehead atoms. The number of aliphatic carboxylic acids is 1. The molecule has 2 aromatic rings. The molecule has 0 aliphatic carbocycles. The van der Waals surface area contributed by atoms with E-state index in [1.54, 1.807) is 24.0 Å². The van der Waals surface area contributed by atoms with Gasteiger partial charge in [0.05, 0.1) is 11.2 Å². The molecule has 2 heterocycles. The molecule has 0 spiro atoms. The first-order valence-electron chi connectivity index (χ1n) is 6.30. The van der Waals surface area contributed by atoms with E-state index in [0.29, 0.717) is 22.8 Å². The number of hydrogen-bond donors (Lipinski definition) is 2. The van der Waals surface area contributed by atoms with E-state index < -0.39 is 17.9 Å². The van der Waals surface area contributed by atoms with E-state index >= 15 is 0 Å². The second kappa shape index (κ2) is 6.01. The lowest BCUT2D eigenvalue weighted by molar-refractivity contribution is -0.139. The van der Waals surface area contributed by atoms with Crippen LogP contribution < -0.4 is 5.32 Å². The lowest BCUT2D eigenvalue weighted by Gasteiger charge is -2.13. The smallest absolute Gasteiger partial charge is 0.331 e. The molecule has 7 nitrogen and oxygen atoms in total. The van der Waals surface area contributed by atoms with Crippen molar-refractivity contribution < 1.29 is 14.7 Å². The number of aryl methyl sites for hydroxylation is 2. The Balaban J connectivity index is 2.24. The Labute approximate surface area is 126 Å². The average Bonchev–Trinajstić information content (AvgIpc) is 3.01. The summed E-state index contributed by atoms with van der Waals surface area (Å²) in [5.74, 6) is -1.66. The fraction of sp³-hybridized carbons (Fsp3) is 0.308. The lowest BCUT2D eigenvalue weighted by Crippen LogP contribution is -2.34. The lowest BCUT2D eigenvalue weighted by atomic mass is 10.1. The third kappa shape index (κ3) is 3.25. The summed E-state index contributed by atoms with van der Waals surface area (Å²) in [5.41, 5.74) is 0.719. The number of carboxylic acids is 1. The Bertz CT molecular complexity index is 677. The zero-order chi connectivity index (χ0) is 15.6. The predicted octanol–water partition coefficient (Wildman–Crippen LogP) is 1.45. The highest BCUT2D eigenvalue weighted by molar-refractivity contribution is 6.31. The summed E-state index contributed by atoms with van der Waals surface area (Å²) in [6, 6.07) is 0.341. The van der Waals surface area contributed by atoms with E-state index in [4.69, 9.17) is 11.6 Å². The van der Waals surface area contributed by atoms with Crippen LogP contribution in [0.25, 0.3) is 0 Å². The van der Waals surface area contributed by atoms with Gasteiger partial charge in [0.1, 0.15) is 5.69 Å². The predicted molar refractivity (Wildman–Crippen MR) is 76.2 cm³/mol. The average molecular weight is 311 g/mol. The summed E-state index contributed by atoms with van der Waals surface area (Å²) in [6.45, 7) is 2.42. The minimum Gasteiger partial charge on any atom is -0.479 e. The number of nitrogens with zero attached hydrogens (tertiary/aromatic N) is 3. The van der Waals surface area contributed by atoms with Gasteiger partial charge in [0, 0.05) is 31.5 Å². The summed E-state index contributed by atoms with van der Waals surface area (Å²) in [4.78, 5) is 23.6. The Kier molecular flexibility index (Phi) is 4.32. The normalized spacial score (nSPS) is 12.1. The highest BCUT2D eigenvalue weighted by atomic mass is 35.5. The fourth-order valence-electron chi connectivity index (χ4n) is 2.01.